The highest BCUT2D eigenvalue weighted by atomic mass is 127. The fourth-order valence-corrected chi connectivity index (χ4v) is 3.28. The van der Waals surface area contributed by atoms with E-state index in [1.54, 1.807) is 12.2 Å². The van der Waals surface area contributed by atoms with Gasteiger partial charge < -0.3 is 9.84 Å². The summed E-state index contributed by atoms with van der Waals surface area (Å²) in [5, 5.41) is 10.4. The van der Waals surface area contributed by atoms with Crippen molar-refractivity contribution in [2.24, 2.45) is 0 Å². The third kappa shape index (κ3) is 4.69. The molecule has 0 aliphatic carbocycles. The number of halogens is 1. The molecular formula is C13H22INO3Si. The van der Waals surface area contributed by atoms with Crippen LogP contribution in [0.4, 0.5) is 0 Å². The lowest BCUT2D eigenvalue weighted by Gasteiger charge is -2.32. The standard InChI is InChI=1S/C13H22INO3Si/c1-5-6-13(17)9-11(14)12(16)15(13)10-18-7-8-19(2,3)4/h5,9,17H,1,6-8,10H2,2-4H3. The van der Waals surface area contributed by atoms with Crippen LogP contribution in [0, 0.1) is 0 Å². The van der Waals surface area contributed by atoms with Crippen molar-refractivity contribution in [3.63, 3.8) is 0 Å². The molecule has 0 saturated heterocycles. The van der Waals surface area contributed by atoms with Crippen LogP contribution >= 0.6 is 22.6 Å². The lowest BCUT2D eigenvalue weighted by atomic mass is 10.1. The number of amides is 1. The number of hydrogen-bond donors (Lipinski definition) is 1. The van der Waals surface area contributed by atoms with Gasteiger partial charge in [0.25, 0.3) is 5.91 Å². The molecule has 0 radical (unpaired) electrons. The van der Waals surface area contributed by atoms with E-state index < -0.39 is 13.8 Å². The molecule has 1 heterocycles. The van der Waals surface area contributed by atoms with Crippen LogP contribution in [0.1, 0.15) is 6.42 Å². The zero-order valence-corrected chi connectivity index (χ0v) is 14.9. The van der Waals surface area contributed by atoms with Gasteiger partial charge in [-0.05, 0) is 34.7 Å². The van der Waals surface area contributed by atoms with Gasteiger partial charge in [0.15, 0.2) is 5.72 Å². The molecule has 108 valence electrons. The summed E-state index contributed by atoms with van der Waals surface area (Å²) >= 11 is 1.94. The van der Waals surface area contributed by atoms with E-state index in [0.717, 1.165) is 6.04 Å². The van der Waals surface area contributed by atoms with Gasteiger partial charge in [-0.1, -0.05) is 25.7 Å². The molecule has 0 aromatic carbocycles. The van der Waals surface area contributed by atoms with E-state index in [0.29, 0.717) is 16.6 Å². The first-order valence-corrected chi connectivity index (χ1v) is 11.1. The molecule has 1 N–H and O–H groups in total. The minimum absolute atomic E-state index is 0.122. The summed E-state index contributed by atoms with van der Waals surface area (Å²) in [5.41, 5.74) is -1.28. The maximum atomic E-state index is 12.0. The van der Waals surface area contributed by atoms with Gasteiger partial charge >= 0.3 is 0 Å². The van der Waals surface area contributed by atoms with Crippen LogP contribution in [0.25, 0.3) is 0 Å². The van der Waals surface area contributed by atoms with Crippen molar-refractivity contribution in [2.45, 2.75) is 37.8 Å². The van der Waals surface area contributed by atoms with Crippen molar-refractivity contribution >= 4 is 36.6 Å². The molecule has 0 spiro atoms. The highest BCUT2D eigenvalue weighted by Crippen LogP contribution is 2.32. The summed E-state index contributed by atoms with van der Waals surface area (Å²) in [6.45, 7) is 11.2. The summed E-state index contributed by atoms with van der Waals surface area (Å²) < 4.78 is 6.09. The fraction of sp³-hybridized carbons (Fsp3) is 0.615. The molecule has 4 nitrogen and oxygen atoms in total. The summed E-state index contributed by atoms with van der Waals surface area (Å²) in [5.74, 6) is -0.182. The second-order valence-corrected chi connectivity index (χ2v) is 12.7. The highest BCUT2D eigenvalue weighted by molar-refractivity contribution is 14.1. The van der Waals surface area contributed by atoms with Crippen LogP contribution in [-0.4, -0.2) is 43.1 Å². The van der Waals surface area contributed by atoms with Crippen LogP contribution in [0.5, 0.6) is 0 Å². The summed E-state index contributed by atoms with van der Waals surface area (Å²) in [4.78, 5) is 13.3. The van der Waals surface area contributed by atoms with E-state index >= 15 is 0 Å². The third-order valence-corrected chi connectivity index (χ3v) is 5.41. The topological polar surface area (TPSA) is 49.8 Å². The van der Waals surface area contributed by atoms with Gasteiger partial charge in [0.05, 0.1) is 3.58 Å². The van der Waals surface area contributed by atoms with Crippen molar-refractivity contribution in [2.75, 3.05) is 13.3 Å². The normalized spacial score (nSPS) is 23.7. The molecule has 1 unspecified atom stereocenters. The number of aliphatic hydroxyl groups is 1. The maximum Gasteiger partial charge on any atom is 0.264 e. The molecule has 19 heavy (non-hydrogen) atoms. The molecule has 1 aliphatic heterocycles. The minimum Gasteiger partial charge on any atom is -0.367 e. The van der Waals surface area contributed by atoms with Crippen molar-refractivity contribution in [1.29, 1.82) is 0 Å². The van der Waals surface area contributed by atoms with Gasteiger partial charge in [0.2, 0.25) is 0 Å². The van der Waals surface area contributed by atoms with E-state index in [1.807, 2.05) is 22.6 Å². The average molecular weight is 395 g/mol. The van der Waals surface area contributed by atoms with Gasteiger partial charge in [-0.3, -0.25) is 9.69 Å². The number of rotatable bonds is 7. The summed E-state index contributed by atoms with van der Waals surface area (Å²) in [6, 6.07) is 1.04. The molecule has 0 saturated carbocycles. The predicted octanol–water partition coefficient (Wildman–Crippen LogP) is 2.72. The smallest absolute Gasteiger partial charge is 0.264 e. The minimum atomic E-state index is -1.28. The Kier molecular flexibility index (Phi) is 5.78. The van der Waals surface area contributed by atoms with Crippen LogP contribution in [0.2, 0.25) is 25.7 Å². The van der Waals surface area contributed by atoms with Crippen molar-refractivity contribution < 1.29 is 14.6 Å². The molecular weight excluding hydrogens is 373 g/mol. The number of carbonyl (C=O) groups is 1. The van der Waals surface area contributed by atoms with E-state index in [1.165, 1.54) is 4.90 Å². The monoisotopic (exact) mass is 395 g/mol. The Bertz CT molecular complexity index is 392. The zero-order chi connectivity index (χ0) is 14.7. The maximum absolute atomic E-state index is 12.0. The lowest BCUT2D eigenvalue weighted by molar-refractivity contribution is -0.154. The highest BCUT2D eigenvalue weighted by Gasteiger charge is 2.42. The Labute approximate surface area is 129 Å². The molecule has 1 rings (SSSR count). The van der Waals surface area contributed by atoms with E-state index in [2.05, 4.69) is 26.2 Å². The first kappa shape index (κ1) is 16.9. The van der Waals surface area contributed by atoms with Crippen LogP contribution < -0.4 is 0 Å². The third-order valence-electron chi connectivity index (χ3n) is 2.94. The summed E-state index contributed by atoms with van der Waals surface area (Å²) in [6.07, 6.45) is 3.48. The molecule has 0 aromatic rings. The molecule has 1 amide bonds. The predicted molar refractivity (Wildman–Crippen MR) is 87.7 cm³/mol. The average Bonchev–Trinajstić information content (AvgIpc) is 2.46. The first-order chi connectivity index (χ1) is 8.69. The Morgan fingerprint density at radius 2 is 2.21 bits per heavy atom. The number of hydrogen-bond acceptors (Lipinski definition) is 3. The van der Waals surface area contributed by atoms with Gasteiger partial charge in [0, 0.05) is 21.1 Å². The van der Waals surface area contributed by atoms with Gasteiger partial charge in [-0.15, -0.1) is 6.58 Å². The Balaban J connectivity index is 2.56. The van der Waals surface area contributed by atoms with Crippen molar-refractivity contribution in [1.82, 2.24) is 4.90 Å². The lowest BCUT2D eigenvalue weighted by Crippen LogP contribution is -2.47. The number of ether oxygens (including phenoxy) is 1. The molecule has 0 bridgehead atoms. The number of nitrogens with zero attached hydrogens (tertiary/aromatic N) is 1. The van der Waals surface area contributed by atoms with Crippen LogP contribution in [0.3, 0.4) is 0 Å². The van der Waals surface area contributed by atoms with Gasteiger partial charge in [-0.25, -0.2) is 0 Å². The molecule has 6 heteroatoms. The fourth-order valence-electron chi connectivity index (χ4n) is 1.73. The SMILES string of the molecule is C=CCC1(O)C=C(I)C(=O)N1COCC[Si](C)(C)C. The molecule has 1 atom stereocenters. The van der Waals surface area contributed by atoms with Gasteiger partial charge in [-0.2, -0.15) is 0 Å². The Morgan fingerprint density at radius 1 is 1.58 bits per heavy atom. The Morgan fingerprint density at radius 3 is 2.74 bits per heavy atom. The van der Waals surface area contributed by atoms with Crippen molar-refractivity contribution in [3.05, 3.63) is 22.3 Å². The van der Waals surface area contributed by atoms with E-state index in [9.17, 15) is 9.90 Å². The van der Waals surface area contributed by atoms with Crippen LogP contribution in [0.15, 0.2) is 22.3 Å². The van der Waals surface area contributed by atoms with Crippen molar-refractivity contribution in [3.8, 4) is 0 Å². The first-order valence-electron chi connectivity index (χ1n) is 6.31. The molecule has 0 aromatic heterocycles. The molecule has 0 fully saturated rings. The number of carbonyl (C=O) groups excluding carboxylic acids is 1. The quantitative estimate of drug-likeness (QED) is 0.312. The van der Waals surface area contributed by atoms with E-state index in [-0.39, 0.29) is 12.6 Å². The second kappa shape index (κ2) is 6.51. The van der Waals surface area contributed by atoms with Crippen LogP contribution in [-0.2, 0) is 9.53 Å². The summed E-state index contributed by atoms with van der Waals surface area (Å²) in [7, 11) is -1.14. The van der Waals surface area contributed by atoms with E-state index in [4.69, 9.17) is 4.74 Å². The Hall–Kier alpha value is -0.183. The zero-order valence-electron chi connectivity index (χ0n) is 11.8. The molecule has 1 aliphatic rings. The second-order valence-electron chi connectivity index (χ2n) is 5.94. The van der Waals surface area contributed by atoms with Gasteiger partial charge in [0.1, 0.15) is 6.73 Å². The largest absolute Gasteiger partial charge is 0.367 e.